The van der Waals surface area contributed by atoms with Gasteiger partial charge in [-0.3, -0.25) is 9.88 Å². The van der Waals surface area contributed by atoms with Crippen LogP contribution in [0.1, 0.15) is 32.5 Å². The van der Waals surface area contributed by atoms with Crippen LogP contribution < -0.4 is 0 Å². The summed E-state index contributed by atoms with van der Waals surface area (Å²) in [5.41, 5.74) is -0.401. The Hall–Kier alpha value is -2.11. The van der Waals surface area contributed by atoms with Gasteiger partial charge in [0.15, 0.2) is 6.04 Å². The zero-order chi connectivity index (χ0) is 14.6. The number of carboxylic acid groups (broad SMARTS) is 1. The van der Waals surface area contributed by atoms with Crippen molar-refractivity contribution in [1.82, 2.24) is 9.88 Å². The molecular formula is C13H18N2O4. The van der Waals surface area contributed by atoms with Crippen molar-refractivity contribution >= 4 is 12.1 Å². The topological polar surface area (TPSA) is 79.7 Å². The third-order valence-electron chi connectivity index (χ3n) is 2.27. The number of pyridine rings is 1. The number of carbonyl (C=O) groups excluding carboxylic acids is 1. The van der Waals surface area contributed by atoms with Gasteiger partial charge in [0.2, 0.25) is 0 Å². The third-order valence-corrected chi connectivity index (χ3v) is 2.27. The van der Waals surface area contributed by atoms with Crippen LogP contribution in [0.2, 0.25) is 0 Å². The molecule has 0 saturated heterocycles. The van der Waals surface area contributed by atoms with Crippen molar-refractivity contribution in [1.29, 1.82) is 0 Å². The van der Waals surface area contributed by atoms with Crippen LogP contribution in [0.5, 0.6) is 0 Å². The van der Waals surface area contributed by atoms with Crippen LogP contribution in [-0.4, -0.2) is 39.7 Å². The Morgan fingerprint density at radius 2 is 2.00 bits per heavy atom. The summed E-state index contributed by atoms with van der Waals surface area (Å²) in [7, 11) is 1.38. The summed E-state index contributed by atoms with van der Waals surface area (Å²) in [6, 6.07) is 3.73. The molecule has 104 valence electrons. The summed E-state index contributed by atoms with van der Waals surface area (Å²) in [5.74, 6) is -1.16. The van der Waals surface area contributed by atoms with Gasteiger partial charge in [0, 0.05) is 13.2 Å². The minimum absolute atomic E-state index is 0.281. The van der Waals surface area contributed by atoms with Gasteiger partial charge in [0.25, 0.3) is 0 Å². The van der Waals surface area contributed by atoms with Crippen molar-refractivity contribution in [2.45, 2.75) is 32.4 Å². The van der Waals surface area contributed by atoms with Crippen LogP contribution in [0.15, 0.2) is 24.4 Å². The first-order valence-corrected chi connectivity index (χ1v) is 5.82. The fourth-order valence-electron chi connectivity index (χ4n) is 1.47. The summed E-state index contributed by atoms with van der Waals surface area (Å²) >= 11 is 0. The zero-order valence-corrected chi connectivity index (χ0v) is 11.5. The van der Waals surface area contributed by atoms with Gasteiger partial charge >= 0.3 is 12.1 Å². The van der Waals surface area contributed by atoms with Crippen LogP contribution in [0.3, 0.4) is 0 Å². The van der Waals surface area contributed by atoms with Gasteiger partial charge in [0.05, 0.1) is 5.69 Å². The largest absolute Gasteiger partial charge is 0.479 e. The molecule has 1 aromatic heterocycles. The van der Waals surface area contributed by atoms with Crippen LogP contribution >= 0.6 is 0 Å². The minimum Gasteiger partial charge on any atom is -0.479 e. The molecule has 0 spiro atoms. The van der Waals surface area contributed by atoms with Gasteiger partial charge in [-0.05, 0) is 32.9 Å². The predicted molar refractivity (Wildman–Crippen MR) is 68.6 cm³/mol. The maximum Gasteiger partial charge on any atom is 0.411 e. The number of amides is 1. The lowest BCUT2D eigenvalue weighted by molar-refractivity contribution is -0.143. The molecule has 0 bridgehead atoms. The molecule has 0 aliphatic heterocycles. The number of likely N-dealkylation sites (N-methyl/N-ethyl adjacent to an activating group) is 1. The standard InChI is InChI=1S/C13H18N2O4/c1-13(2,3)19-12(18)15(4)10(11(16)17)9-7-5-6-8-14-9/h5-8,10H,1-4H3,(H,16,17). The number of carbonyl (C=O) groups is 2. The molecule has 1 N–H and O–H groups in total. The molecule has 1 heterocycles. The van der Waals surface area contributed by atoms with Crippen LogP contribution in [0.4, 0.5) is 4.79 Å². The second-order valence-corrected chi connectivity index (χ2v) is 5.09. The Bertz CT molecular complexity index is 453. The van der Waals surface area contributed by atoms with E-state index in [-0.39, 0.29) is 5.69 Å². The van der Waals surface area contributed by atoms with Crippen molar-refractivity contribution in [2.75, 3.05) is 7.05 Å². The lowest BCUT2D eigenvalue weighted by Gasteiger charge is -2.28. The molecule has 0 aromatic carbocycles. The highest BCUT2D eigenvalue weighted by molar-refractivity contribution is 5.80. The molecule has 0 saturated carbocycles. The molecule has 0 aliphatic carbocycles. The van der Waals surface area contributed by atoms with E-state index in [0.29, 0.717) is 0 Å². The molecule has 6 nitrogen and oxygen atoms in total. The summed E-state index contributed by atoms with van der Waals surface area (Å²) in [6.07, 6.45) is 0.777. The number of aromatic nitrogens is 1. The average molecular weight is 266 g/mol. The van der Waals surface area contributed by atoms with E-state index in [0.717, 1.165) is 4.90 Å². The highest BCUT2D eigenvalue weighted by Gasteiger charge is 2.32. The van der Waals surface area contributed by atoms with E-state index in [1.807, 2.05) is 0 Å². The first-order chi connectivity index (χ1) is 8.72. The van der Waals surface area contributed by atoms with Gasteiger partial charge in [-0.25, -0.2) is 9.59 Å². The van der Waals surface area contributed by atoms with Gasteiger partial charge in [-0.15, -0.1) is 0 Å². The smallest absolute Gasteiger partial charge is 0.411 e. The molecule has 1 aromatic rings. The van der Waals surface area contributed by atoms with E-state index >= 15 is 0 Å². The van der Waals surface area contributed by atoms with E-state index in [2.05, 4.69) is 4.98 Å². The van der Waals surface area contributed by atoms with Crippen molar-refractivity contribution in [3.05, 3.63) is 30.1 Å². The van der Waals surface area contributed by atoms with Gasteiger partial charge in [0.1, 0.15) is 5.60 Å². The highest BCUT2D eigenvalue weighted by atomic mass is 16.6. The van der Waals surface area contributed by atoms with E-state index in [1.54, 1.807) is 39.0 Å². The van der Waals surface area contributed by atoms with Crippen LogP contribution in [0, 0.1) is 0 Å². The first-order valence-electron chi connectivity index (χ1n) is 5.82. The molecule has 1 rings (SSSR count). The van der Waals surface area contributed by atoms with E-state index in [1.165, 1.54) is 13.2 Å². The third kappa shape index (κ3) is 4.24. The summed E-state index contributed by atoms with van der Waals surface area (Å²) in [5, 5.41) is 9.25. The van der Waals surface area contributed by atoms with E-state index < -0.39 is 23.7 Å². The van der Waals surface area contributed by atoms with Gasteiger partial charge in [-0.1, -0.05) is 6.07 Å². The Kier molecular flexibility index (Phi) is 4.47. The normalized spacial score (nSPS) is 12.6. The number of nitrogens with zero attached hydrogens (tertiary/aromatic N) is 2. The first kappa shape index (κ1) is 14.9. The summed E-state index contributed by atoms with van der Waals surface area (Å²) in [6.45, 7) is 5.15. The maximum absolute atomic E-state index is 11.9. The number of hydrogen-bond acceptors (Lipinski definition) is 4. The number of ether oxygens (including phenoxy) is 1. The molecule has 0 aliphatic rings. The van der Waals surface area contributed by atoms with Crippen molar-refractivity contribution in [3.63, 3.8) is 0 Å². The summed E-state index contributed by atoms with van der Waals surface area (Å²) < 4.78 is 5.15. The van der Waals surface area contributed by atoms with Crippen molar-refractivity contribution in [2.24, 2.45) is 0 Å². The maximum atomic E-state index is 11.9. The monoisotopic (exact) mass is 266 g/mol. The molecule has 19 heavy (non-hydrogen) atoms. The number of rotatable bonds is 3. The fraction of sp³-hybridized carbons (Fsp3) is 0.462. The second-order valence-electron chi connectivity index (χ2n) is 5.09. The quantitative estimate of drug-likeness (QED) is 0.906. The average Bonchev–Trinajstić information content (AvgIpc) is 2.27. The van der Waals surface area contributed by atoms with E-state index in [4.69, 9.17) is 4.74 Å². The molecule has 1 atom stereocenters. The lowest BCUT2D eigenvalue weighted by atomic mass is 10.1. The van der Waals surface area contributed by atoms with E-state index in [9.17, 15) is 14.7 Å². The molecule has 1 unspecified atom stereocenters. The van der Waals surface area contributed by atoms with Crippen LogP contribution in [0.25, 0.3) is 0 Å². The Morgan fingerprint density at radius 1 is 1.37 bits per heavy atom. The zero-order valence-electron chi connectivity index (χ0n) is 11.5. The lowest BCUT2D eigenvalue weighted by Crippen LogP contribution is -2.40. The molecule has 1 amide bonds. The fourth-order valence-corrected chi connectivity index (χ4v) is 1.47. The predicted octanol–water partition coefficient (Wildman–Crippen LogP) is 2.07. The Balaban J connectivity index is 2.95. The van der Waals surface area contributed by atoms with Crippen LogP contribution in [-0.2, 0) is 9.53 Å². The molecule has 6 heteroatoms. The van der Waals surface area contributed by atoms with Gasteiger partial charge < -0.3 is 9.84 Å². The SMILES string of the molecule is CN(C(=O)OC(C)(C)C)C(C(=O)O)c1ccccn1. The molecular weight excluding hydrogens is 248 g/mol. The van der Waals surface area contributed by atoms with Gasteiger partial charge in [-0.2, -0.15) is 0 Å². The number of carboxylic acids is 1. The Morgan fingerprint density at radius 3 is 2.42 bits per heavy atom. The highest BCUT2D eigenvalue weighted by Crippen LogP contribution is 2.20. The Labute approximate surface area is 112 Å². The number of aliphatic carboxylic acids is 1. The molecule has 0 fully saturated rings. The molecule has 0 radical (unpaired) electrons. The summed E-state index contributed by atoms with van der Waals surface area (Å²) in [4.78, 5) is 28.2. The van der Waals surface area contributed by atoms with Crippen molar-refractivity contribution in [3.8, 4) is 0 Å². The second kappa shape index (κ2) is 5.69. The number of hydrogen-bond donors (Lipinski definition) is 1. The van der Waals surface area contributed by atoms with Crippen molar-refractivity contribution < 1.29 is 19.4 Å². The minimum atomic E-state index is -1.17.